The van der Waals surface area contributed by atoms with Gasteiger partial charge in [0.05, 0.1) is 0 Å². The van der Waals surface area contributed by atoms with Gasteiger partial charge in [0, 0.05) is 0 Å². The van der Waals surface area contributed by atoms with Gasteiger partial charge in [-0.2, -0.15) is 0 Å². The summed E-state index contributed by atoms with van der Waals surface area (Å²) in [5.41, 5.74) is 5.60. The van der Waals surface area contributed by atoms with Crippen LogP contribution in [0.15, 0.2) is 60.7 Å². The zero-order chi connectivity index (χ0) is 24.2. The van der Waals surface area contributed by atoms with Gasteiger partial charge in [0.15, 0.2) is 0 Å². The van der Waals surface area contributed by atoms with Crippen LogP contribution in [-0.4, -0.2) is 0 Å². The van der Waals surface area contributed by atoms with E-state index >= 15 is 0 Å². The summed E-state index contributed by atoms with van der Waals surface area (Å²) in [7, 11) is 0. The maximum atomic E-state index is 2.47. The van der Waals surface area contributed by atoms with Crippen LogP contribution < -0.4 is 0 Å². The third kappa shape index (κ3) is 2.97. The molecule has 0 aromatic heterocycles. The van der Waals surface area contributed by atoms with E-state index < -0.39 is 0 Å². The highest BCUT2D eigenvalue weighted by Crippen LogP contribution is 2.47. The highest BCUT2D eigenvalue weighted by Gasteiger charge is 2.24. The van der Waals surface area contributed by atoms with Crippen LogP contribution in [-0.2, 0) is 10.8 Å². The minimum absolute atomic E-state index is 0.0804. The van der Waals surface area contributed by atoms with E-state index in [1.165, 1.54) is 76.1 Å². The lowest BCUT2D eigenvalue weighted by Crippen LogP contribution is -2.12. The van der Waals surface area contributed by atoms with Crippen molar-refractivity contribution in [2.45, 2.75) is 66.2 Å². The smallest absolute Gasteiger partial charge is 0.00137 e. The molecule has 0 heteroatoms. The van der Waals surface area contributed by atoms with E-state index in [0.29, 0.717) is 0 Å². The highest BCUT2D eigenvalue weighted by atomic mass is 14.3. The Morgan fingerprint density at radius 3 is 1.03 bits per heavy atom. The first-order chi connectivity index (χ1) is 15.9. The van der Waals surface area contributed by atoms with E-state index in [1.54, 1.807) is 0 Å². The second-order valence-corrected chi connectivity index (χ2v) is 12.5. The monoisotopic (exact) mass is 442 g/mol. The third-order valence-corrected chi connectivity index (χ3v) is 7.77. The standard InChI is InChI=1S/C34H34/c1-19-9-11-23-25(13-19)29-17-21(33(3,4)5)16-28-24-12-10-20(2)14-26(24)30-18-22(34(6,7)8)15-27(23)32(30)31(28)29/h9-18H,1-8H3. The van der Waals surface area contributed by atoms with Crippen LogP contribution in [0.4, 0.5) is 0 Å². The summed E-state index contributed by atoms with van der Waals surface area (Å²) in [5, 5.41) is 13.9. The molecule has 6 rings (SSSR count). The molecule has 0 atom stereocenters. The maximum absolute atomic E-state index is 2.47. The van der Waals surface area contributed by atoms with Crippen molar-refractivity contribution in [1.29, 1.82) is 0 Å². The topological polar surface area (TPSA) is 0 Å². The van der Waals surface area contributed by atoms with Crippen molar-refractivity contribution < 1.29 is 0 Å². The highest BCUT2D eigenvalue weighted by molar-refractivity contribution is 6.40. The van der Waals surface area contributed by atoms with Gasteiger partial charge in [0.2, 0.25) is 0 Å². The van der Waals surface area contributed by atoms with Crippen LogP contribution >= 0.6 is 0 Å². The van der Waals surface area contributed by atoms with Crippen molar-refractivity contribution in [3.05, 3.63) is 82.9 Å². The van der Waals surface area contributed by atoms with Crippen LogP contribution in [0, 0.1) is 13.8 Å². The quantitative estimate of drug-likeness (QED) is 0.162. The first-order valence-corrected chi connectivity index (χ1v) is 12.5. The number of fused-ring (bicyclic) bond motifs is 6. The number of hydrogen-bond donors (Lipinski definition) is 0. The predicted octanol–water partition coefficient (Wildman–Crippen LogP) is 10.1. The zero-order valence-electron chi connectivity index (χ0n) is 21.8. The van der Waals surface area contributed by atoms with Crippen molar-refractivity contribution in [3.8, 4) is 0 Å². The molecular weight excluding hydrogens is 408 g/mol. The molecule has 0 saturated carbocycles. The molecule has 0 aliphatic rings. The van der Waals surface area contributed by atoms with Gasteiger partial charge in [0.25, 0.3) is 0 Å². The Kier molecular flexibility index (Phi) is 4.24. The molecule has 6 aromatic rings. The van der Waals surface area contributed by atoms with Crippen LogP contribution in [0.5, 0.6) is 0 Å². The number of rotatable bonds is 0. The summed E-state index contributed by atoms with van der Waals surface area (Å²) < 4.78 is 0. The normalized spacial score (nSPS) is 13.3. The second-order valence-electron chi connectivity index (χ2n) is 12.5. The van der Waals surface area contributed by atoms with Crippen molar-refractivity contribution in [2.75, 3.05) is 0 Å². The Morgan fingerprint density at radius 1 is 0.382 bits per heavy atom. The third-order valence-electron chi connectivity index (χ3n) is 7.77. The number of aryl methyl sites for hydroxylation is 2. The fourth-order valence-electron chi connectivity index (χ4n) is 5.77. The van der Waals surface area contributed by atoms with Crippen molar-refractivity contribution in [2.24, 2.45) is 0 Å². The maximum Gasteiger partial charge on any atom is -0.00137 e. The van der Waals surface area contributed by atoms with Gasteiger partial charge < -0.3 is 0 Å². The SMILES string of the molecule is Cc1ccc2c(c1)c1cc(C(C)(C)C)cc3c4ccc(C)cc4c4cc(C(C)(C)C)cc2c4c31. The lowest BCUT2D eigenvalue weighted by Gasteiger charge is -2.26. The van der Waals surface area contributed by atoms with Crippen molar-refractivity contribution in [1.82, 2.24) is 0 Å². The molecule has 0 aliphatic heterocycles. The molecule has 0 fully saturated rings. The molecule has 0 spiro atoms. The largest absolute Gasteiger partial charge is 0.0587 e. The van der Waals surface area contributed by atoms with Crippen molar-refractivity contribution in [3.63, 3.8) is 0 Å². The van der Waals surface area contributed by atoms with E-state index in [2.05, 4.69) is 116 Å². The van der Waals surface area contributed by atoms with Gasteiger partial charge in [0.1, 0.15) is 0 Å². The molecule has 0 unspecified atom stereocenters. The summed E-state index contributed by atoms with van der Waals surface area (Å²) in [6.07, 6.45) is 0. The average Bonchev–Trinajstić information content (AvgIpc) is 2.76. The van der Waals surface area contributed by atoms with E-state index in [9.17, 15) is 0 Å². The first-order valence-electron chi connectivity index (χ1n) is 12.5. The second kappa shape index (κ2) is 6.72. The number of benzene rings is 6. The Hall–Kier alpha value is -3.12. The predicted molar refractivity (Wildman–Crippen MR) is 152 cm³/mol. The fraction of sp³-hybridized carbons (Fsp3) is 0.294. The van der Waals surface area contributed by atoms with E-state index in [4.69, 9.17) is 0 Å². The Morgan fingerprint density at radius 2 is 0.706 bits per heavy atom. The Bertz CT molecular complexity index is 1630. The molecule has 0 aliphatic carbocycles. The minimum atomic E-state index is 0.0804. The Labute approximate surface area is 202 Å². The molecule has 0 radical (unpaired) electrons. The number of hydrogen-bond acceptors (Lipinski definition) is 0. The molecule has 6 aromatic carbocycles. The van der Waals surface area contributed by atoms with Crippen LogP contribution in [0.1, 0.15) is 63.8 Å². The summed E-state index contributed by atoms with van der Waals surface area (Å²) in [4.78, 5) is 0. The lowest BCUT2D eigenvalue weighted by molar-refractivity contribution is 0.591. The molecular formula is C34H34. The van der Waals surface area contributed by atoms with E-state index in [1.807, 2.05) is 0 Å². The van der Waals surface area contributed by atoms with E-state index in [0.717, 1.165) is 0 Å². The molecule has 0 saturated heterocycles. The average molecular weight is 443 g/mol. The molecule has 0 nitrogen and oxygen atoms in total. The van der Waals surface area contributed by atoms with Crippen LogP contribution in [0.3, 0.4) is 0 Å². The van der Waals surface area contributed by atoms with E-state index in [-0.39, 0.29) is 10.8 Å². The summed E-state index contributed by atoms with van der Waals surface area (Å²) in [6, 6.07) is 23.9. The summed E-state index contributed by atoms with van der Waals surface area (Å²) >= 11 is 0. The van der Waals surface area contributed by atoms with Gasteiger partial charge in [-0.15, -0.1) is 0 Å². The first kappa shape index (κ1) is 21.4. The van der Waals surface area contributed by atoms with Crippen molar-refractivity contribution >= 4 is 53.9 Å². The molecule has 0 N–H and O–H groups in total. The van der Waals surface area contributed by atoms with Crippen LogP contribution in [0.2, 0.25) is 0 Å². The molecule has 170 valence electrons. The zero-order valence-corrected chi connectivity index (χ0v) is 21.8. The van der Waals surface area contributed by atoms with Gasteiger partial charge in [-0.25, -0.2) is 0 Å². The molecule has 34 heavy (non-hydrogen) atoms. The minimum Gasteiger partial charge on any atom is -0.0587 e. The van der Waals surface area contributed by atoms with Gasteiger partial charge in [-0.3, -0.25) is 0 Å². The fourth-order valence-corrected chi connectivity index (χ4v) is 5.77. The summed E-state index contributed by atoms with van der Waals surface area (Å²) in [5.74, 6) is 0. The molecule has 0 heterocycles. The van der Waals surface area contributed by atoms with Crippen LogP contribution in [0.25, 0.3) is 53.9 Å². The lowest BCUT2D eigenvalue weighted by atomic mass is 9.78. The molecule has 0 bridgehead atoms. The van der Waals surface area contributed by atoms with Gasteiger partial charge in [-0.05, 0) is 114 Å². The van der Waals surface area contributed by atoms with Gasteiger partial charge in [-0.1, -0.05) is 89.1 Å². The molecule has 0 amide bonds. The summed E-state index contributed by atoms with van der Waals surface area (Å²) in [6.45, 7) is 18.4. The Balaban J connectivity index is 2.03. The van der Waals surface area contributed by atoms with Gasteiger partial charge >= 0.3 is 0 Å².